The summed E-state index contributed by atoms with van der Waals surface area (Å²) in [4.78, 5) is 32.1. The molecule has 3 aromatic rings. The van der Waals surface area contributed by atoms with E-state index in [2.05, 4.69) is 4.98 Å². The molecule has 1 amide bonds. The molecule has 0 aliphatic carbocycles. The molecule has 1 aromatic heterocycles. The van der Waals surface area contributed by atoms with E-state index < -0.39 is 10.8 Å². The number of aromatic nitrogens is 1. The molecule has 2 aromatic carbocycles. The van der Waals surface area contributed by atoms with Crippen molar-refractivity contribution in [3.63, 3.8) is 0 Å². The molecule has 172 valence electrons. The largest absolute Gasteiger partial charge is 0.495 e. The number of halogens is 2. The van der Waals surface area contributed by atoms with Crippen molar-refractivity contribution in [2.45, 2.75) is 0 Å². The summed E-state index contributed by atoms with van der Waals surface area (Å²) in [6.07, 6.45) is 0. The fourth-order valence-electron chi connectivity index (χ4n) is 2.91. The minimum absolute atomic E-state index is 0. The van der Waals surface area contributed by atoms with Gasteiger partial charge in [-0.2, -0.15) is 0 Å². The zero-order valence-corrected chi connectivity index (χ0v) is 20.2. The van der Waals surface area contributed by atoms with Crippen molar-refractivity contribution in [1.82, 2.24) is 9.88 Å². The Morgan fingerprint density at radius 3 is 2.41 bits per heavy atom. The second-order valence-electron chi connectivity index (χ2n) is 6.83. The van der Waals surface area contributed by atoms with Crippen LogP contribution >= 0.6 is 35.3 Å². The Balaban J connectivity index is 0.00000363. The summed E-state index contributed by atoms with van der Waals surface area (Å²) in [7, 11) is 6.86. The standard InChI is InChI=1S/C20H21ClN4O5S.ClH/c1-23(2)9-10-24(19(26)13-11-12(25(27)28)5-6-14(13)21)20-22-17-15(29-3)7-8-16(30-4)18(17)31-20;/h5-8,11H,9-10H2,1-4H3;1H. The highest BCUT2D eigenvalue weighted by Gasteiger charge is 2.26. The van der Waals surface area contributed by atoms with Gasteiger partial charge in [-0.25, -0.2) is 4.98 Å². The normalized spacial score (nSPS) is 10.7. The lowest BCUT2D eigenvalue weighted by Crippen LogP contribution is -2.37. The van der Waals surface area contributed by atoms with Crippen LogP contribution in [-0.4, -0.2) is 62.1 Å². The van der Waals surface area contributed by atoms with Crippen LogP contribution in [0.25, 0.3) is 10.2 Å². The van der Waals surface area contributed by atoms with E-state index in [4.69, 9.17) is 21.1 Å². The highest BCUT2D eigenvalue weighted by Crippen LogP contribution is 2.40. The number of amides is 1. The van der Waals surface area contributed by atoms with Crippen LogP contribution in [0.3, 0.4) is 0 Å². The quantitative estimate of drug-likeness (QED) is 0.331. The second-order valence-corrected chi connectivity index (χ2v) is 8.21. The molecule has 0 unspecified atom stereocenters. The molecule has 1 heterocycles. The molecule has 0 saturated carbocycles. The molecule has 0 spiro atoms. The summed E-state index contributed by atoms with van der Waals surface area (Å²) >= 11 is 7.50. The van der Waals surface area contributed by atoms with Crippen molar-refractivity contribution in [3.05, 3.63) is 51.0 Å². The van der Waals surface area contributed by atoms with Crippen molar-refractivity contribution < 1.29 is 19.2 Å². The van der Waals surface area contributed by atoms with Gasteiger partial charge < -0.3 is 14.4 Å². The average molecular weight is 501 g/mol. The van der Waals surface area contributed by atoms with Crippen LogP contribution in [0.2, 0.25) is 5.02 Å². The van der Waals surface area contributed by atoms with Gasteiger partial charge in [0.2, 0.25) is 0 Å². The van der Waals surface area contributed by atoms with Gasteiger partial charge in [-0.1, -0.05) is 22.9 Å². The van der Waals surface area contributed by atoms with E-state index in [-0.39, 0.29) is 28.7 Å². The van der Waals surface area contributed by atoms with Crippen LogP contribution in [0.5, 0.6) is 11.5 Å². The van der Waals surface area contributed by atoms with Crippen LogP contribution in [-0.2, 0) is 0 Å². The number of hydrogen-bond donors (Lipinski definition) is 0. The van der Waals surface area contributed by atoms with E-state index in [1.54, 1.807) is 19.2 Å². The van der Waals surface area contributed by atoms with Crippen LogP contribution < -0.4 is 14.4 Å². The summed E-state index contributed by atoms with van der Waals surface area (Å²) in [6.45, 7) is 0.845. The van der Waals surface area contributed by atoms with Crippen LogP contribution in [0.15, 0.2) is 30.3 Å². The monoisotopic (exact) mass is 500 g/mol. The number of thiazole rings is 1. The summed E-state index contributed by atoms with van der Waals surface area (Å²) in [5, 5.41) is 11.7. The number of likely N-dealkylation sites (N-methyl/N-ethyl adjacent to an activating group) is 1. The van der Waals surface area contributed by atoms with Gasteiger partial charge in [0.05, 0.1) is 29.7 Å². The van der Waals surface area contributed by atoms with Gasteiger partial charge in [0, 0.05) is 25.2 Å². The van der Waals surface area contributed by atoms with E-state index in [1.807, 2.05) is 19.0 Å². The first-order valence-electron chi connectivity index (χ1n) is 9.18. The zero-order chi connectivity index (χ0) is 22.7. The Morgan fingerprint density at radius 2 is 1.81 bits per heavy atom. The predicted molar refractivity (Wildman–Crippen MR) is 128 cm³/mol. The molecule has 0 atom stereocenters. The number of nitro benzene ring substituents is 1. The number of methoxy groups -OCH3 is 2. The topological polar surface area (TPSA) is 98.0 Å². The lowest BCUT2D eigenvalue weighted by atomic mass is 10.1. The fraction of sp³-hybridized carbons (Fsp3) is 0.300. The summed E-state index contributed by atoms with van der Waals surface area (Å²) in [5.74, 6) is 0.673. The lowest BCUT2D eigenvalue weighted by Gasteiger charge is -2.22. The van der Waals surface area contributed by atoms with E-state index >= 15 is 0 Å². The number of anilines is 1. The predicted octanol–water partition coefficient (Wildman–Crippen LogP) is 4.51. The number of fused-ring (bicyclic) bond motifs is 1. The molecule has 0 radical (unpaired) electrons. The number of carbonyl (C=O) groups is 1. The maximum Gasteiger partial charge on any atom is 0.270 e. The van der Waals surface area contributed by atoms with Gasteiger partial charge >= 0.3 is 0 Å². The third kappa shape index (κ3) is 5.21. The number of benzene rings is 2. The SMILES string of the molecule is COc1ccc(OC)c2sc(N(CCN(C)C)C(=O)c3cc([N+](=O)[O-])ccc3Cl)nc12.Cl. The second kappa shape index (κ2) is 10.8. The molecule has 0 aliphatic rings. The van der Waals surface area contributed by atoms with Crippen molar-refractivity contribution in [2.75, 3.05) is 46.3 Å². The molecule has 0 N–H and O–H groups in total. The molecule has 3 rings (SSSR count). The minimum atomic E-state index is -0.565. The van der Waals surface area contributed by atoms with Gasteiger partial charge in [0.25, 0.3) is 11.6 Å². The molecule has 0 saturated heterocycles. The molecular weight excluding hydrogens is 479 g/mol. The Kier molecular flexibility index (Phi) is 8.62. The molecule has 12 heteroatoms. The Bertz CT molecular complexity index is 1100. The number of rotatable bonds is 8. The van der Waals surface area contributed by atoms with Gasteiger partial charge in [-0.15, -0.1) is 12.4 Å². The van der Waals surface area contributed by atoms with Crippen LogP contribution in [0, 0.1) is 10.1 Å². The molecule has 9 nitrogen and oxygen atoms in total. The highest BCUT2D eigenvalue weighted by molar-refractivity contribution is 7.22. The summed E-state index contributed by atoms with van der Waals surface area (Å²) in [6, 6.07) is 7.31. The number of carbonyl (C=O) groups excluding carboxylic acids is 1. The first-order valence-corrected chi connectivity index (χ1v) is 10.4. The van der Waals surface area contributed by atoms with Gasteiger partial charge in [-0.05, 0) is 32.3 Å². The highest BCUT2D eigenvalue weighted by atomic mass is 35.5. The first-order chi connectivity index (χ1) is 14.8. The summed E-state index contributed by atoms with van der Waals surface area (Å²) < 4.78 is 11.6. The first kappa shape index (κ1) is 25.6. The van der Waals surface area contributed by atoms with Crippen molar-refractivity contribution in [2.24, 2.45) is 0 Å². The smallest absolute Gasteiger partial charge is 0.270 e. The van der Waals surface area contributed by atoms with Gasteiger partial charge in [0.15, 0.2) is 5.13 Å². The van der Waals surface area contributed by atoms with Crippen LogP contribution in [0.1, 0.15) is 10.4 Å². The Hall–Kier alpha value is -2.66. The summed E-state index contributed by atoms with van der Waals surface area (Å²) in [5.41, 5.74) is 0.385. The number of non-ortho nitro benzene ring substituents is 1. The Labute approximate surface area is 200 Å². The van der Waals surface area contributed by atoms with Crippen LogP contribution in [0.4, 0.5) is 10.8 Å². The average Bonchev–Trinajstić information content (AvgIpc) is 3.18. The van der Waals surface area contributed by atoms with E-state index in [1.165, 1.54) is 41.5 Å². The third-order valence-corrected chi connectivity index (χ3v) is 5.96. The third-order valence-electron chi connectivity index (χ3n) is 4.54. The number of hydrogen-bond acceptors (Lipinski definition) is 8. The van der Waals surface area contributed by atoms with E-state index in [9.17, 15) is 14.9 Å². The maximum atomic E-state index is 13.4. The van der Waals surface area contributed by atoms with Crippen molar-refractivity contribution in [3.8, 4) is 11.5 Å². The van der Waals surface area contributed by atoms with E-state index in [0.29, 0.717) is 35.2 Å². The fourth-order valence-corrected chi connectivity index (χ4v) is 4.21. The maximum absolute atomic E-state index is 13.4. The molecular formula is C20H22Cl2N4O5S. The Morgan fingerprint density at radius 1 is 1.16 bits per heavy atom. The van der Waals surface area contributed by atoms with Crippen molar-refractivity contribution >= 4 is 62.3 Å². The van der Waals surface area contributed by atoms with Crippen molar-refractivity contribution in [1.29, 1.82) is 0 Å². The molecule has 0 fully saturated rings. The van der Waals surface area contributed by atoms with Gasteiger partial charge in [-0.3, -0.25) is 19.8 Å². The zero-order valence-electron chi connectivity index (χ0n) is 17.8. The molecule has 32 heavy (non-hydrogen) atoms. The minimum Gasteiger partial charge on any atom is -0.495 e. The number of nitrogens with zero attached hydrogens (tertiary/aromatic N) is 4. The lowest BCUT2D eigenvalue weighted by molar-refractivity contribution is -0.384. The molecule has 0 bridgehead atoms. The molecule has 0 aliphatic heterocycles. The number of nitro groups is 1. The van der Waals surface area contributed by atoms with Gasteiger partial charge in [0.1, 0.15) is 21.7 Å². The van der Waals surface area contributed by atoms with E-state index in [0.717, 1.165) is 4.70 Å². The number of ether oxygens (including phenoxy) is 2.